The number of benzene rings is 1. The third-order valence-corrected chi connectivity index (χ3v) is 2.87. The van der Waals surface area contributed by atoms with Crippen LogP contribution in [-0.4, -0.2) is 26.7 Å². The van der Waals surface area contributed by atoms with Crippen molar-refractivity contribution in [2.45, 2.75) is 13.3 Å². The van der Waals surface area contributed by atoms with Gasteiger partial charge in [-0.2, -0.15) is 0 Å². The highest BCUT2D eigenvalue weighted by Crippen LogP contribution is 2.16. The normalized spacial score (nSPS) is 9.76. The first-order chi connectivity index (χ1) is 10.0. The van der Waals surface area contributed by atoms with E-state index in [1.165, 1.54) is 18.3 Å². The quantitative estimate of drug-likeness (QED) is 0.849. The largest absolute Gasteiger partial charge is 0.478 e. The van der Waals surface area contributed by atoms with E-state index in [1.54, 1.807) is 22.9 Å². The van der Waals surface area contributed by atoms with E-state index in [2.05, 4.69) is 11.8 Å². The summed E-state index contributed by atoms with van der Waals surface area (Å²) in [7, 11) is 0. The van der Waals surface area contributed by atoms with E-state index >= 15 is 0 Å². The number of hydrogen-bond donors (Lipinski definition) is 2. The summed E-state index contributed by atoms with van der Waals surface area (Å²) < 4.78 is 1.62. The maximum atomic E-state index is 11.2. The molecule has 0 amide bonds. The second kappa shape index (κ2) is 5.97. The van der Waals surface area contributed by atoms with Crippen molar-refractivity contribution >= 4 is 11.9 Å². The summed E-state index contributed by atoms with van der Waals surface area (Å²) >= 11 is 0. The topological polar surface area (TPSA) is 79.5 Å². The van der Waals surface area contributed by atoms with Crippen molar-refractivity contribution in [1.29, 1.82) is 0 Å². The van der Waals surface area contributed by atoms with Gasteiger partial charge in [0.1, 0.15) is 0 Å². The smallest absolute Gasteiger partial charge is 0.338 e. The van der Waals surface area contributed by atoms with Crippen molar-refractivity contribution in [3.63, 3.8) is 0 Å². The van der Waals surface area contributed by atoms with E-state index in [0.717, 1.165) is 0 Å². The van der Waals surface area contributed by atoms with Crippen LogP contribution in [0, 0.1) is 11.8 Å². The van der Waals surface area contributed by atoms with Crippen LogP contribution in [0.2, 0.25) is 0 Å². The lowest BCUT2D eigenvalue weighted by Gasteiger charge is -2.02. The lowest BCUT2D eigenvalue weighted by molar-refractivity contribution is 0.0686. The molecule has 0 bridgehead atoms. The van der Waals surface area contributed by atoms with E-state index in [1.807, 2.05) is 6.92 Å². The molecule has 0 saturated carbocycles. The molecule has 2 aromatic rings. The Hall–Kier alpha value is -3.00. The lowest BCUT2D eigenvalue weighted by Crippen LogP contribution is -1.98. The Kier molecular flexibility index (Phi) is 4.10. The highest BCUT2D eigenvalue weighted by molar-refractivity contribution is 5.91. The van der Waals surface area contributed by atoms with Crippen molar-refractivity contribution in [1.82, 2.24) is 4.57 Å². The van der Waals surface area contributed by atoms with Crippen LogP contribution in [0.5, 0.6) is 0 Å². The molecule has 106 valence electrons. The van der Waals surface area contributed by atoms with Crippen molar-refractivity contribution in [2.75, 3.05) is 0 Å². The van der Waals surface area contributed by atoms with E-state index in [-0.39, 0.29) is 11.1 Å². The van der Waals surface area contributed by atoms with Gasteiger partial charge in [-0.3, -0.25) is 0 Å². The molecule has 0 aliphatic carbocycles. The highest BCUT2D eigenvalue weighted by Gasteiger charge is 2.13. The number of hydrogen-bond acceptors (Lipinski definition) is 2. The summed E-state index contributed by atoms with van der Waals surface area (Å²) in [5.74, 6) is 3.61. The molecule has 0 spiro atoms. The molecule has 0 atom stereocenters. The number of carboxylic acid groups (broad SMARTS) is 2. The van der Waals surface area contributed by atoms with Gasteiger partial charge in [0.15, 0.2) is 0 Å². The average molecular weight is 283 g/mol. The summed E-state index contributed by atoms with van der Waals surface area (Å²) in [4.78, 5) is 22.0. The molecule has 0 radical (unpaired) electrons. The minimum Gasteiger partial charge on any atom is -0.478 e. The SMILES string of the molecule is CCC#Cc1cn(-c2ccc(C(=O)O)cc2)cc1C(=O)O. The van der Waals surface area contributed by atoms with Gasteiger partial charge in [0, 0.05) is 24.5 Å². The van der Waals surface area contributed by atoms with Gasteiger partial charge in [-0.25, -0.2) is 9.59 Å². The van der Waals surface area contributed by atoms with Crippen LogP contribution in [0.4, 0.5) is 0 Å². The van der Waals surface area contributed by atoms with Crippen LogP contribution in [0.25, 0.3) is 5.69 Å². The van der Waals surface area contributed by atoms with E-state index in [0.29, 0.717) is 17.7 Å². The number of nitrogens with zero attached hydrogens (tertiary/aromatic N) is 1. The van der Waals surface area contributed by atoms with Crippen LogP contribution in [-0.2, 0) is 0 Å². The molecule has 2 N–H and O–H groups in total. The van der Waals surface area contributed by atoms with Gasteiger partial charge >= 0.3 is 11.9 Å². The van der Waals surface area contributed by atoms with E-state index in [4.69, 9.17) is 5.11 Å². The monoisotopic (exact) mass is 283 g/mol. The first-order valence-corrected chi connectivity index (χ1v) is 6.30. The van der Waals surface area contributed by atoms with Crippen molar-refractivity contribution in [3.05, 3.63) is 53.3 Å². The summed E-state index contributed by atoms with van der Waals surface area (Å²) in [6.07, 6.45) is 3.73. The second-order valence-corrected chi connectivity index (χ2v) is 4.31. The Bertz CT molecular complexity index is 745. The Balaban J connectivity index is 2.44. The molecule has 1 aromatic heterocycles. The first-order valence-electron chi connectivity index (χ1n) is 6.30. The summed E-state index contributed by atoms with van der Waals surface area (Å²) in [6, 6.07) is 6.17. The molecule has 5 nitrogen and oxygen atoms in total. The predicted molar refractivity (Wildman–Crippen MR) is 76.9 cm³/mol. The molecule has 21 heavy (non-hydrogen) atoms. The molecule has 1 heterocycles. The molecule has 0 aliphatic heterocycles. The molecule has 5 heteroatoms. The standard InChI is InChI=1S/C16H13NO4/c1-2-3-4-12-9-17(10-14(12)16(20)21)13-7-5-11(6-8-13)15(18)19/h5-10H,2H2,1H3,(H,18,19)(H,20,21). The molecule has 0 fully saturated rings. The van der Waals surface area contributed by atoms with E-state index in [9.17, 15) is 14.7 Å². The van der Waals surface area contributed by atoms with Crippen LogP contribution in [0.1, 0.15) is 39.6 Å². The molecule has 1 aromatic carbocycles. The van der Waals surface area contributed by atoms with Gasteiger partial charge in [0.2, 0.25) is 0 Å². The van der Waals surface area contributed by atoms with E-state index < -0.39 is 11.9 Å². The number of carboxylic acids is 2. The number of carbonyl (C=O) groups is 2. The zero-order valence-corrected chi connectivity index (χ0v) is 11.3. The highest BCUT2D eigenvalue weighted by atomic mass is 16.4. The third kappa shape index (κ3) is 3.12. The average Bonchev–Trinajstić information content (AvgIpc) is 2.89. The molecule has 2 rings (SSSR count). The molecule has 0 aliphatic rings. The molecular formula is C16H13NO4. The fourth-order valence-corrected chi connectivity index (χ4v) is 1.83. The van der Waals surface area contributed by atoms with Gasteiger partial charge in [-0.1, -0.05) is 18.8 Å². The van der Waals surface area contributed by atoms with Gasteiger partial charge in [-0.15, -0.1) is 0 Å². The molecular weight excluding hydrogens is 270 g/mol. The van der Waals surface area contributed by atoms with Gasteiger partial charge < -0.3 is 14.8 Å². The Labute approximate surface area is 121 Å². The Morgan fingerprint density at radius 2 is 1.76 bits per heavy atom. The predicted octanol–water partition coefficient (Wildman–Crippen LogP) is 2.64. The maximum absolute atomic E-state index is 11.2. The third-order valence-electron chi connectivity index (χ3n) is 2.87. The number of rotatable bonds is 3. The first kappa shape index (κ1) is 14.4. The second-order valence-electron chi connectivity index (χ2n) is 4.31. The molecule has 0 unspecified atom stereocenters. The summed E-state index contributed by atoms with van der Waals surface area (Å²) in [6.45, 7) is 1.88. The Morgan fingerprint density at radius 1 is 1.10 bits per heavy atom. The maximum Gasteiger partial charge on any atom is 0.338 e. The Morgan fingerprint density at radius 3 is 2.29 bits per heavy atom. The lowest BCUT2D eigenvalue weighted by atomic mass is 10.2. The van der Waals surface area contributed by atoms with Crippen molar-refractivity contribution < 1.29 is 19.8 Å². The zero-order valence-electron chi connectivity index (χ0n) is 11.3. The minimum atomic E-state index is -1.05. The zero-order chi connectivity index (χ0) is 15.4. The van der Waals surface area contributed by atoms with Gasteiger partial charge in [0.25, 0.3) is 0 Å². The molecule has 0 saturated heterocycles. The summed E-state index contributed by atoms with van der Waals surface area (Å²) in [5, 5.41) is 18.0. The van der Waals surface area contributed by atoms with Crippen molar-refractivity contribution in [2.24, 2.45) is 0 Å². The van der Waals surface area contributed by atoms with Crippen molar-refractivity contribution in [3.8, 4) is 17.5 Å². The van der Waals surface area contributed by atoms with Gasteiger partial charge in [0.05, 0.1) is 16.7 Å². The van der Waals surface area contributed by atoms with Gasteiger partial charge in [-0.05, 0) is 24.3 Å². The van der Waals surface area contributed by atoms with Crippen LogP contribution < -0.4 is 0 Å². The fourth-order valence-electron chi connectivity index (χ4n) is 1.83. The number of aromatic nitrogens is 1. The summed E-state index contributed by atoms with van der Waals surface area (Å²) in [5.41, 5.74) is 1.41. The number of aromatic carboxylic acids is 2. The van der Waals surface area contributed by atoms with Crippen LogP contribution >= 0.6 is 0 Å². The minimum absolute atomic E-state index is 0.123. The van der Waals surface area contributed by atoms with Crippen LogP contribution in [0.3, 0.4) is 0 Å². The van der Waals surface area contributed by atoms with Crippen LogP contribution in [0.15, 0.2) is 36.7 Å². The fraction of sp³-hybridized carbons (Fsp3) is 0.125.